The molecule has 0 aromatic carbocycles. The molecule has 37 heavy (non-hydrogen) atoms. The van der Waals surface area contributed by atoms with Crippen LogP contribution in [0.5, 0.6) is 0 Å². The van der Waals surface area contributed by atoms with Crippen molar-refractivity contribution in [2.24, 2.45) is 0 Å². The lowest BCUT2D eigenvalue weighted by molar-refractivity contribution is 0.156. The topological polar surface area (TPSA) is 9.23 Å². The van der Waals surface area contributed by atoms with Gasteiger partial charge in [0.15, 0.2) is 0 Å². The van der Waals surface area contributed by atoms with E-state index in [1.54, 1.807) is 0 Å². The van der Waals surface area contributed by atoms with Crippen LogP contribution in [0, 0.1) is 0 Å². The summed E-state index contributed by atoms with van der Waals surface area (Å²) in [7, 11) is 0. The van der Waals surface area contributed by atoms with Crippen LogP contribution in [0.15, 0.2) is 46.6 Å². The van der Waals surface area contributed by atoms with Crippen LogP contribution in [0.25, 0.3) is 0 Å². The van der Waals surface area contributed by atoms with Crippen molar-refractivity contribution >= 4 is 0 Å². The largest absolute Gasteiger partial charge is 0.377 e. The van der Waals surface area contributed by atoms with E-state index >= 15 is 0 Å². The lowest BCUT2D eigenvalue weighted by Gasteiger charge is -2.05. The summed E-state index contributed by atoms with van der Waals surface area (Å²) in [6, 6.07) is 0. The fourth-order valence-corrected chi connectivity index (χ4v) is 4.67. The van der Waals surface area contributed by atoms with Crippen molar-refractivity contribution < 1.29 is 4.74 Å². The van der Waals surface area contributed by atoms with E-state index in [1.807, 2.05) is 0 Å². The average Bonchev–Trinajstić information content (AvgIpc) is 2.85. The van der Waals surface area contributed by atoms with Crippen LogP contribution in [0.4, 0.5) is 0 Å². The Balaban J connectivity index is 3.56. The summed E-state index contributed by atoms with van der Waals surface area (Å²) in [6.07, 6.45) is 36.2. The fraction of sp³-hybridized carbons (Fsp3) is 0.778. The lowest BCUT2D eigenvalue weighted by atomic mass is 10.0. The molecule has 0 amide bonds. The molecule has 0 radical (unpaired) electrons. The number of allylic oxidation sites excluding steroid dienone is 7. The molecule has 0 spiro atoms. The summed E-state index contributed by atoms with van der Waals surface area (Å²) < 4.78 is 5.85. The van der Waals surface area contributed by atoms with E-state index in [1.165, 1.54) is 138 Å². The predicted molar refractivity (Wildman–Crippen MR) is 170 cm³/mol. The summed E-state index contributed by atoms with van der Waals surface area (Å²) >= 11 is 0. The summed E-state index contributed by atoms with van der Waals surface area (Å²) in [4.78, 5) is 0. The fourth-order valence-electron chi connectivity index (χ4n) is 4.67. The highest BCUT2D eigenvalue weighted by atomic mass is 16.5. The lowest BCUT2D eigenvalue weighted by Crippen LogP contribution is -1.95. The molecule has 0 aliphatic carbocycles. The first kappa shape index (κ1) is 35.9. The van der Waals surface area contributed by atoms with E-state index in [4.69, 9.17) is 4.74 Å². The van der Waals surface area contributed by atoms with E-state index in [2.05, 4.69) is 65.8 Å². The first-order valence-electron chi connectivity index (χ1n) is 16.1. The highest BCUT2D eigenvalue weighted by Crippen LogP contribution is 2.15. The Morgan fingerprint density at radius 1 is 0.459 bits per heavy atom. The predicted octanol–water partition coefficient (Wildman–Crippen LogP) is 12.6. The van der Waals surface area contributed by atoms with E-state index < -0.39 is 0 Å². The van der Waals surface area contributed by atoms with E-state index in [0.29, 0.717) is 0 Å². The minimum Gasteiger partial charge on any atom is -0.377 e. The Labute approximate surface area is 234 Å². The first-order chi connectivity index (χ1) is 18.0. The Bertz CT molecular complexity index is 615. The van der Waals surface area contributed by atoms with Crippen molar-refractivity contribution in [3.63, 3.8) is 0 Å². The second-order valence-electron chi connectivity index (χ2n) is 11.7. The molecule has 1 heteroatoms. The summed E-state index contributed by atoms with van der Waals surface area (Å²) in [5.41, 5.74) is 5.93. The van der Waals surface area contributed by atoms with Gasteiger partial charge in [0.2, 0.25) is 0 Å². The summed E-state index contributed by atoms with van der Waals surface area (Å²) in [5.74, 6) is 0. The number of hydrogen-bond donors (Lipinski definition) is 0. The van der Waals surface area contributed by atoms with Crippen molar-refractivity contribution in [3.05, 3.63) is 46.6 Å². The molecule has 0 heterocycles. The second kappa shape index (κ2) is 27.9. The molecule has 0 atom stereocenters. The third-order valence-corrected chi connectivity index (χ3v) is 7.35. The van der Waals surface area contributed by atoms with E-state index in [-0.39, 0.29) is 0 Å². The van der Waals surface area contributed by atoms with Crippen LogP contribution in [-0.2, 0) is 4.74 Å². The van der Waals surface area contributed by atoms with Crippen molar-refractivity contribution in [1.82, 2.24) is 0 Å². The van der Waals surface area contributed by atoms with Crippen molar-refractivity contribution in [1.29, 1.82) is 0 Å². The molecular formula is C36H66O. The molecule has 0 N–H and O–H groups in total. The van der Waals surface area contributed by atoms with Crippen LogP contribution < -0.4 is 0 Å². The average molecular weight is 515 g/mol. The monoisotopic (exact) mass is 515 g/mol. The molecule has 0 fully saturated rings. The maximum absolute atomic E-state index is 5.85. The zero-order valence-corrected chi connectivity index (χ0v) is 26.3. The number of rotatable bonds is 26. The standard InChI is InChI=1S/C36H66O/c1-7-8-9-10-11-12-13-14-15-16-17-18-19-20-31-37-32-30-36(6)29-23-28-35(5)27-22-26-34(4)25-21-24-33(2)3/h24,26,28,30H,7-23,25,27,29,31-32H2,1-6H3/b34-26+,35-28?,36-30+. The number of unbranched alkanes of at least 4 members (excludes halogenated alkanes) is 13. The molecule has 1 nitrogen and oxygen atoms in total. The quantitative estimate of drug-likeness (QED) is 0.0823. The molecule has 0 aromatic rings. The van der Waals surface area contributed by atoms with Gasteiger partial charge in [0, 0.05) is 6.61 Å². The molecule has 0 unspecified atom stereocenters. The van der Waals surface area contributed by atoms with Gasteiger partial charge in [0.1, 0.15) is 0 Å². The van der Waals surface area contributed by atoms with Crippen LogP contribution >= 0.6 is 0 Å². The smallest absolute Gasteiger partial charge is 0.0649 e. The SMILES string of the molecule is CCCCCCCCCCCCCCCCOC/C=C(\C)CCC=C(C)CC/C=C(\C)CCC=C(C)C. The first-order valence-corrected chi connectivity index (χ1v) is 16.1. The van der Waals surface area contributed by atoms with Crippen LogP contribution in [-0.4, -0.2) is 13.2 Å². The maximum Gasteiger partial charge on any atom is 0.0649 e. The highest BCUT2D eigenvalue weighted by molar-refractivity contribution is 5.07. The van der Waals surface area contributed by atoms with E-state index in [0.717, 1.165) is 26.1 Å². The van der Waals surface area contributed by atoms with Gasteiger partial charge >= 0.3 is 0 Å². The number of ether oxygens (including phenoxy) is 1. The van der Waals surface area contributed by atoms with Gasteiger partial charge in [-0.3, -0.25) is 0 Å². The molecule has 216 valence electrons. The van der Waals surface area contributed by atoms with Gasteiger partial charge in [-0.15, -0.1) is 0 Å². The van der Waals surface area contributed by atoms with Gasteiger partial charge in [-0.1, -0.05) is 137 Å². The molecule has 0 saturated carbocycles. The zero-order chi connectivity index (χ0) is 27.4. The Morgan fingerprint density at radius 2 is 0.838 bits per heavy atom. The summed E-state index contributed by atoms with van der Waals surface area (Å²) in [6.45, 7) is 15.2. The van der Waals surface area contributed by atoms with Gasteiger partial charge in [-0.25, -0.2) is 0 Å². The van der Waals surface area contributed by atoms with Crippen LogP contribution in [0.2, 0.25) is 0 Å². The minimum atomic E-state index is 0.782. The third kappa shape index (κ3) is 29.3. The molecule has 0 aromatic heterocycles. The normalized spacial score (nSPS) is 12.9. The molecule has 0 rings (SSSR count). The van der Waals surface area contributed by atoms with Crippen molar-refractivity contribution in [2.45, 2.75) is 170 Å². The second-order valence-corrected chi connectivity index (χ2v) is 11.7. The molecule has 0 aliphatic rings. The van der Waals surface area contributed by atoms with Gasteiger partial charge in [0.25, 0.3) is 0 Å². The molecular weight excluding hydrogens is 448 g/mol. The van der Waals surface area contributed by atoms with Crippen molar-refractivity contribution in [2.75, 3.05) is 13.2 Å². The van der Waals surface area contributed by atoms with Gasteiger partial charge in [-0.2, -0.15) is 0 Å². The maximum atomic E-state index is 5.85. The Hall–Kier alpha value is -1.08. The Kier molecular flexibility index (Phi) is 27.1. The van der Waals surface area contributed by atoms with Gasteiger partial charge in [-0.05, 0) is 79.6 Å². The highest BCUT2D eigenvalue weighted by Gasteiger charge is 1.96. The third-order valence-electron chi connectivity index (χ3n) is 7.35. The number of hydrogen-bond acceptors (Lipinski definition) is 1. The molecule has 0 aliphatic heterocycles. The molecule has 0 bridgehead atoms. The molecule has 0 saturated heterocycles. The zero-order valence-electron chi connectivity index (χ0n) is 26.3. The minimum absolute atomic E-state index is 0.782. The van der Waals surface area contributed by atoms with Gasteiger partial charge in [0.05, 0.1) is 6.61 Å². The van der Waals surface area contributed by atoms with Crippen molar-refractivity contribution in [3.8, 4) is 0 Å². The van der Waals surface area contributed by atoms with Crippen LogP contribution in [0.1, 0.15) is 170 Å². The van der Waals surface area contributed by atoms with Gasteiger partial charge < -0.3 is 4.74 Å². The van der Waals surface area contributed by atoms with E-state index in [9.17, 15) is 0 Å². The van der Waals surface area contributed by atoms with Crippen LogP contribution in [0.3, 0.4) is 0 Å². The Morgan fingerprint density at radius 3 is 1.27 bits per heavy atom. The summed E-state index contributed by atoms with van der Waals surface area (Å²) in [5, 5.41) is 0.